The van der Waals surface area contributed by atoms with Crippen molar-refractivity contribution in [2.75, 3.05) is 17.7 Å². The third-order valence-corrected chi connectivity index (χ3v) is 3.76. The molecule has 0 radical (unpaired) electrons. The van der Waals surface area contributed by atoms with Crippen molar-refractivity contribution in [3.05, 3.63) is 11.4 Å². The van der Waals surface area contributed by atoms with Gasteiger partial charge in [-0.15, -0.1) is 0 Å². The van der Waals surface area contributed by atoms with E-state index in [0.29, 0.717) is 5.92 Å². The van der Waals surface area contributed by atoms with E-state index in [0.717, 1.165) is 23.0 Å². The van der Waals surface area contributed by atoms with Gasteiger partial charge < -0.3 is 10.6 Å². The van der Waals surface area contributed by atoms with Gasteiger partial charge in [0.25, 0.3) is 0 Å². The topological polar surface area (TPSA) is 49.8 Å². The Morgan fingerprint density at radius 1 is 1.18 bits per heavy atom. The molecule has 2 fully saturated rings. The zero-order valence-corrected chi connectivity index (χ0v) is 10.8. The van der Waals surface area contributed by atoms with Gasteiger partial charge in [-0.3, -0.25) is 0 Å². The van der Waals surface area contributed by atoms with Gasteiger partial charge in [0, 0.05) is 24.1 Å². The van der Waals surface area contributed by atoms with E-state index in [9.17, 15) is 0 Å². The fourth-order valence-corrected chi connectivity index (χ4v) is 2.02. The summed E-state index contributed by atoms with van der Waals surface area (Å²) in [7, 11) is 1.93. The van der Waals surface area contributed by atoms with Gasteiger partial charge in [0.15, 0.2) is 0 Å². The summed E-state index contributed by atoms with van der Waals surface area (Å²) in [6, 6.07) is 0. The van der Waals surface area contributed by atoms with Gasteiger partial charge in [-0.2, -0.15) is 0 Å². The molecule has 0 unspecified atom stereocenters. The molecular weight excluding hydrogens is 212 g/mol. The number of nitrogens with zero attached hydrogens (tertiary/aromatic N) is 2. The van der Waals surface area contributed by atoms with Crippen LogP contribution in [-0.4, -0.2) is 22.6 Å². The molecule has 4 heteroatoms. The number of anilines is 2. The second-order valence-electron chi connectivity index (χ2n) is 5.61. The molecule has 2 N–H and O–H groups in total. The normalized spacial score (nSPS) is 21.1. The van der Waals surface area contributed by atoms with Crippen LogP contribution in [0, 0.1) is 6.92 Å². The molecule has 0 aliphatic heterocycles. The number of aromatic nitrogens is 2. The zero-order chi connectivity index (χ0) is 12.0. The second kappa shape index (κ2) is 3.59. The Kier molecular flexibility index (Phi) is 2.28. The van der Waals surface area contributed by atoms with Crippen LogP contribution >= 0.6 is 0 Å². The lowest BCUT2D eigenvalue weighted by Gasteiger charge is -2.17. The standard InChI is InChI=1S/C13H20N4/c1-8-10(14-3)15-12(9-4-5-9)16-11(8)17-13(2)6-7-13/h9H,4-7H2,1-3H3,(H2,14,15,16,17). The van der Waals surface area contributed by atoms with Crippen LogP contribution in [0.5, 0.6) is 0 Å². The Balaban J connectivity index is 1.96. The SMILES string of the molecule is CNc1nc(C2CC2)nc(NC2(C)CC2)c1C. The van der Waals surface area contributed by atoms with Gasteiger partial charge in [0.1, 0.15) is 17.5 Å². The Labute approximate surface area is 102 Å². The minimum atomic E-state index is 0.269. The van der Waals surface area contributed by atoms with Gasteiger partial charge in [-0.05, 0) is 39.5 Å². The third kappa shape index (κ3) is 2.08. The lowest BCUT2D eigenvalue weighted by atomic mass is 10.2. The molecule has 1 aromatic rings. The molecule has 92 valence electrons. The quantitative estimate of drug-likeness (QED) is 0.838. The maximum absolute atomic E-state index is 4.71. The van der Waals surface area contributed by atoms with Crippen molar-refractivity contribution in [2.24, 2.45) is 0 Å². The van der Waals surface area contributed by atoms with Gasteiger partial charge in [-0.25, -0.2) is 9.97 Å². The molecule has 0 saturated heterocycles. The molecule has 2 aliphatic carbocycles. The summed E-state index contributed by atoms with van der Waals surface area (Å²) in [5.41, 5.74) is 1.40. The first-order valence-corrected chi connectivity index (χ1v) is 6.46. The Morgan fingerprint density at radius 3 is 2.35 bits per heavy atom. The molecule has 17 heavy (non-hydrogen) atoms. The molecule has 0 bridgehead atoms. The second-order valence-corrected chi connectivity index (χ2v) is 5.61. The molecule has 4 nitrogen and oxygen atoms in total. The minimum Gasteiger partial charge on any atom is -0.373 e. The monoisotopic (exact) mass is 232 g/mol. The van der Waals surface area contributed by atoms with Crippen LogP contribution in [0.2, 0.25) is 0 Å². The summed E-state index contributed by atoms with van der Waals surface area (Å²) in [6.45, 7) is 4.33. The first-order chi connectivity index (χ1) is 8.11. The van der Waals surface area contributed by atoms with E-state index in [2.05, 4.69) is 29.5 Å². The molecule has 0 amide bonds. The van der Waals surface area contributed by atoms with Crippen LogP contribution < -0.4 is 10.6 Å². The van der Waals surface area contributed by atoms with E-state index >= 15 is 0 Å². The van der Waals surface area contributed by atoms with Gasteiger partial charge in [0.05, 0.1) is 0 Å². The Hall–Kier alpha value is -1.32. The van der Waals surface area contributed by atoms with Crippen molar-refractivity contribution < 1.29 is 0 Å². The average molecular weight is 232 g/mol. The first kappa shape index (κ1) is 10.8. The molecule has 0 aromatic carbocycles. The smallest absolute Gasteiger partial charge is 0.136 e. The maximum Gasteiger partial charge on any atom is 0.136 e. The largest absolute Gasteiger partial charge is 0.373 e. The van der Waals surface area contributed by atoms with Crippen LogP contribution in [-0.2, 0) is 0 Å². The highest BCUT2D eigenvalue weighted by Crippen LogP contribution is 2.42. The highest BCUT2D eigenvalue weighted by atomic mass is 15.1. The van der Waals surface area contributed by atoms with E-state index in [4.69, 9.17) is 4.98 Å². The van der Waals surface area contributed by atoms with Crippen LogP contribution in [0.4, 0.5) is 11.6 Å². The van der Waals surface area contributed by atoms with E-state index in [1.54, 1.807) is 0 Å². The lowest BCUT2D eigenvalue weighted by molar-refractivity contribution is 0.807. The van der Waals surface area contributed by atoms with Gasteiger partial charge in [0.2, 0.25) is 0 Å². The van der Waals surface area contributed by atoms with E-state index in [1.807, 2.05) is 7.05 Å². The Bertz CT molecular complexity index is 447. The molecule has 0 atom stereocenters. The predicted molar refractivity (Wildman–Crippen MR) is 69.6 cm³/mol. The number of hydrogen-bond acceptors (Lipinski definition) is 4. The van der Waals surface area contributed by atoms with Crippen molar-refractivity contribution in [3.8, 4) is 0 Å². The van der Waals surface area contributed by atoms with Crippen LogP contribution in [0.1, 0.15) is 49.9 Å². The molecule has 3 rings (SSSR count). The minimum absolute atomic E-state index is 0.269. The van der Waals surface area contributed by atoms with Crippen LogP contribution in [0.3, 0.4) is 0 Å². The van der Waals surface area contributed by atoms with Crippen molar-refractivity contribution in [1.29, 1.82) is 0 Å². The predicted octanol–water partition coefficient (Wildman–Crippen LogP) is 2.67. The van der Waals surface area contributed by atoms with Crippen molar-refractivity contribution in [2.45, 2.75) is 51.0 Å². The highest BCUT2D eigenvalue weighted by Gasteiger charge is 2.38. The summed E-state index contributed by atoms with van der Waals surface area (Å²) in [5, 5.41) is 6.74. The maximum atomic E-state index is 4.71. The number of hydrogen-bond donors (Lipinski definition) is 2. The first-order valence-electron chi connectivity index (χ1n) is 6.46. The third-order valence-electron chi connectivity index (χ3n) is 3.76. The average Bonchev–Trinajstić information content (AvgIpc) is 3.18. The van der Waals surface area contributed by atoms with Crippen molar-refractivity contribution >= 4 is 11.6 Å². The molecule has 2 saturated carbocycles. The number of nitrogens with one attached hydrogen (secondary N) is 2. The Morgan fingerprint density at radius 2 is 1.82 bits per heavy atom. The summed E-state index contributed by atoms with van der Waals surface area (Å²) < 4.78 is 0. The summed E-state index contributed by atoms with van der Waals surface area (Å²) >= 11 is 0. The van der Waals surface area contributed by atoms with Gasteiger partial charge in [-0.1, -0.05) is 0 Å². The van der Waals surface area contributed by atoms with Crippen LogP contribution in [0.15, 0.2) is 0 Å². The van der Waals surface area contributed by atoms with Gasteiger partial charge >= 0.3 is 0 Å². The van der Waals surface area contributed by atoms with Crippen molar-refractivity contribution in [1.82, 2.24) is 9.97 Å². The van der Waals surface area contributed by atoms with E-state index in [-0.39, 0.29) is 5.54 Å². The molecule has 0 spiro atoms. The van der Waals surface area contributed by atoms with E-state index in [1.165, 1.54) is 25.7 Å². The van der Waals surface area contributed by atoms with Crippen LogP contribution in [0.25, 0.3) is 0 Å². The molecule has 1 aromatic heterocycles. The van der Waals surface area contributed by atoms with Crippen molar-refractivity contribution in [3.63, 3.8) is 0 Å². The summed E-state index contributed by atoms with van der Waals surface area (Å²) in [4.78, 5) is 9.31. The molecule has 1 heterocycles. The fraction of sp³-hybridized carbons (Fsp3) is 0.692. The number of rotatable bonds is 4. The summed E-state index contributed by atoms with van der Waals surface area (Å²) in [6.07, 6.45) is 4.96. The zero-order valence-electron chi connectivity index (χ0n) is 10.8. The fourth-order valence-electron chi connectivity index (χ4n) is 2.02. The molecule has 2 aliphatic rings. The van der Waals surface area contributed by atoms with E-state index < -0.39 is 0 Å². The summed E-state index contributed by atoms with van der Waals surface area (Å²) in [5.74, 6) is 3.59. The lowest BCUT2D eigenvalue weighted by Crippen LogP contribution is -2.19. The highest BCUT2D eigenvalue weighted by molar-refractivity contribution is 5.59. The molecular formula is C13H20N4.